The quantitative estimate of drug-likeness (QED) is 0.831. The van der Waals surface area contributed by atoms with Crippen molar-refractivity contribution in [3.8, 4) is 0 Å². The van der Waals surface area contributed by atoms with Crippen molar-refractivity contribution in [3.63, 3.8) is 0 Å². The molecule has 1 aromatic rings. The standard InChI is InChI=1S/C13H16FNO/c14-12(7-8-16-9-12)10-1-3-11(4-2-10)13(15)5-6-13/h1-4H,5-9,15H2. The van der Waals surface area contributed by atoms with Gasteiger partial charge in [0.05, 0.1) is 13.2 Å². The van der Waals surface area contributed by atoms with Gasteiger partial charge in [-0.2, -0.15) is 0 Å². The van der Waals surface area contributed by atoms with E-state index >= 15 is 0 Å². The molecule has 16 heavy (non-hydrogen) atoms. The summed E-state index contributed by atoms with van der Waals surface area (Å²) in [6.07, 6.45) is 2.53. The first-order chi connectivity index (χ1) is 7.62. The van der Waals surface area contributed by atoms with Gasteiger partial charge in [0.15, 0.2) is 5.67 Å². The number of benzene rings is 1. The molecule has 1 saturated carbocycles. The molecule has 1 aliphatic carbocycles. The summed E-state index contributed by atoms with van der Waals surface area (Å²) < 4.78 is 19.5. The second kappa shape index (κ2) is 3.28. The van der Waals surface area contributed by atoms with E-state index in [1.807, 2.05) is 24.3 Å². The lowest BCUT2D eigenvalue weighted by Crippen LogP contribution is -2.21. The van der Waals surface area contributed by atoms with Crippen molar-refractivity contribution in [1.82, 2.24) is 0 Å². The zero-order valence-corrected chi connectivity index (χ0v) is 9.21. The fourth-order valence-electron chi connectivity index (χ4n) is 2.29. The first kappa shape index (κ1) is 10.2. The van der Waals surface area contributed by atoms with Crippen LogP contribution in [0.3, 0.4) is 0 Å². The summed E-state index contributed by atoms with van der Waals surface area (Å²) in [6, 6.07) is 7.64. The minimum Gasteiger partial charge on any atom is -0.378 e. The van der Waals surface area contributed by atoms with Crippen molar-refractivity contribution in [3.05, 3.63) is 35.4 Å². The molecule has 1 heterocycles. The second-order valence-electron chi connectivity index (χ2n) is 5.00. The molecule has 2 aliphatic rings. The predicted octanol–water partition coefficient (Wildman–Crippen LogP) is 2.22. The van der Waals surface area contributed by atoms with Crippen molar-refractivity contribution in [2.45, 2.75) is 30.5 Å². The van der Waals surface area contributed by atoms with E-state index in [1.165, 1.54) is 0 Å². The molecule has 0 bridgehead atoms. The smallest absolute Gasteiger partial charge is 0.161 e. The number of hydrogen-bond acceptors (Lipinski definition) is 2. The van der Waals surface area contributed by atoms with Crippen LogP contribution in [0.25, 0.3) is 0 Å². The van der Waals surface area contributed by atoms with Crippen LogP contribution in [0.5, 0.6) is 0 Å². The summed E-state index contributed by atoms with van der Waals surface area (Å²) in [5.74, 6) is 0. The van der Waals surface area contributed by atoms with Gasteiger partial charge in [-0.1, -0.05) is 24.3 Å². The molecule has 86 valence electrons. The van der Waals surface area contributed by atoms with E-state index in [4.69, 9.17) is 10.5 Å². The summed E-state index contributed by atoms with van der Waals surface area (Å²) >= 11 is 0. The second-order valence-corrected chi connectivity index (χ2v) is 5.00. The highest BCUT2D eigenvalue weighted by atomic mass is 19.1. The zero-order valence-electron chi connectivity index (χ0n) is 9.21. The first-order valence-corrected chi connectivity index (χ1v) is 5.79. The lowest BCUT2D eigenvalue weighted by molar-refractivity contribution is 0.112. The SMILES string of the molecule is NC1(c2ccc(C3(F)CCOC3)cc2)CC1. The average molecular weight is 221 g/mol. The summed E-state index contributed by atoms with van der Waals surface area (Å²) in [7, 11) is 0. The van der Waals surface area contributed by atoms with Gasteiger partial charge in [-0.15, -0.1) is 0 Å². The lowest BCUT2D eigenvalue weighted by atomic mass is 9.93. The van der Waals surface area contributed by atoms with Crippen LogP contribution in [0.1, 0.15) is 30.4 Å². The highest BCUT2D eigenvalue weighted by molar-refractivity contribution is 5.34. The Morgan fingerprint density at radius 2 is 1.69 bits per heavy atom. The molecule has 0 amide bonds. The van der Waals surface area contributed by atoms with Gasteiger partial charge < -0.3 is 10.5 Å². The molecule has 2 fully saturated rings. The van der Waals surface area contributed by atoms with Crippen LogP contribution >= 0.6 is 0 Å². The van der Waals surface area contributed by atoms with Gasteiger partial charge in [0.2, 0.25) is 0 Å². The fraction of sp³-hybridized carbons (Fsp3) is 0.538. The number of alkyl halides is 1. The third-order valence-corrected chi connectivity index (χ3v) is 3.74. The highest BCUT2D eigenvalue weighted by Crippen LogP contribution is 2.43. The molecule has 1 atom stereocenters. The topological polar surface area (TPSA) is 35.2 Å². The number of hydrogen-bond donors (Lipinski definition) is 1. The average Bonchev–Trinajstić information content (AvgIpc) is 2.89. The van der Waals surface area contributed by atoms with E-state index in [2.05, 4.69) is 0 Å². The van der Waals surface area contributed by atoms with Crippen molar-refractivity contribution < 1.29 is 9.13 Å². The van der Waals surface area contributed by atoms with Crippen LogP contribution in [0.2, 0.25) is 0 Å². The Bertz CT molecular complexity index is 391. The summed E-state index contributed by atoms with van der Waals surface area (Å²) in [5, 5.41) is 0. The van der Waals surface area contributed by atoms with Gasteiger partial charge in [-0.25, -0.2) is 4.39 Å². The van der Waals surface area contributed by atoms with E-state index in [1.54, 1.807) is 0 Å². The summed E-state index contributed by atoms with van der Waals surface area (Å²) in [5.41, 5.74) is 6.51. The van der Waals surface area contributed by atoms with Gasteiger partial charge in [0.1, 0.15) is 0 Å². The molecule has 2 N–H and O–H groups in total. The van der Waals surface area contributed by atoms with E-state index in [9.17, 15) is 4.39 Å². The van der Waals surface area contributed by atoms with Crippen LogP contribution in [0, 0.1) is 0 Å². The van der Waals surface area contributed by atoms with Crippen molar-refractivity contribution in [1.29, 1.82) is 0 Å². The predicted molar refractivity (Wildman–Crippen MR) is 59.8 cm³/mol. The molecule has 1 saturated heterocycles. The molecule has 3 rings (SSSR count). The molecule has 1 aliphatic heterocycles. The van der Waals surface area contributed by atoms with Crippen LogP contribution in [0.15, 0.2) is 24.3 Å². The number of rotatable bonds is 2. The molecule has 1 unspecified atom stereocenters. The van der Waals surface area contributed by atoms with Gasteiger partial charge >= 0.3 is 0 Å². The van der Waals surface area contributed by atoms with Crippen LogP contribution < -0.4 is 5.73 Å². The largest absolute Gasteiger partial charge is 0.378 e. The number of halogens is 1. The molecular formula is C13H16FNO. The Balaban J connectivity index is 1.87. The fourth-order valence-corrected chi connectivity index (χ4v) is 2.29. The Kier molecular flexibility index (Phi) is 2.10. The highest BCUT2D eigenvalue weighted by Gasteiger charge is 2.41. The van der Waals surface area contributed by atoms with Crippen molar-refractivity contribution in [2.75, 3.05) is 13.2 Å². The lowest BCUT2D eigenvalue weighted by Gasteiger charge is -2.19. The first-order valence-electron chi connectivity index (χ1n) is 5.79. The van der Waals surface area contributed by atoms with Gasteiger partial charge in [0.25, 0.3) is 0 Å². The normalized spacial score (nSPS) is 31.6. The van der Waals surface area contributed by atoms with Gasteiger partial charge in [-0.3, -0.25) is 0 Å². The molecule has 0 spiro atoms. The maximum Gasteiger partial charge on any atom is 0.161 e. The molecule has 1 aromatic carbocycles. The van der Waals surface area contributed by atoms with E-state index in [0.717, 1.165) is 24.0 Å². The van der Waals surface area contributed by atoms with Crippen LogP contribution in [0.4, 0.5) is 4.39 Å². The van der Waals surface area contributed by atoms with Crippen LogP contribution in [-0.4, -0.2) is 13.2 Å². The Morgan fingerprint density at radius 1 is 1.06 bits per heavy atom. The van der Waals surface area contributed by atoms with E-state index in [0.29, 0.717) is 13.0 Å². The van der Waals surface area contributed by atoms with E-state index in [-0.39, 0.29) is 12.1 Å². The zero-order chi connectivity index (χ0) is 11.2. The minimum atomic E-state index is -1.29. The van der Waals surface area contributed by atoms with Crippen molar-refractivity contribution in [2.24, 2.45) is 5.73 Å². The maximum atomic E-state index is 14.3. The third kappa shape index (κ3) is 1.55. The van der Waals surface area contributed by atoms with Crippen LogP contribution in [-0.2, 0) is 15.9 Å². The third-order valence-electron chi connectivity index (χ3n) is 3.74. The minimum absolute atomic E-state index is 0.131. The van der Waals surface area contributed by atoms with Gasteiger partial charge in [-0.05, 0) is 24.0 Å². The monoisotopic (exact) mass is 221 g/mol. The van der Waals surface area contributed by atoms with Gasteiger partial charge in [0, 0.05) is 12.0 Å². The van der Waals surface area contributed by atoms with E-state index < -0.39 is 5.67 Å². The van der Waals surface area contributed by atoms with Crippen molar-refractivity contribution >= 4 is 0 Å². The number of nitrogens with two attached hydrogens (primary N) is 1. The molecule has 0 radical (unpaired) electrons. The summed E-state index contributed by atoms with van der Waals surface area (Å²) in [4.78, 5) is 0. The maximum absolute atomic E-state index is 14.3. The summed E-state index contributed by atoms with van der Waals surface area (Å²) in [6.45, 7) is 0.694. The molecular weight excluding hydrogens is 205 g/mol. The number of ether oxygens (including phenoxy) is 1. The Labute approximate surface area is 94.6 Å². The molecule has 2 nitrogen and oxygen atoms in total. The Morgan fingerprint density at radius 3 is 2.19 bits per heavy atom. The Hall–Kier alpha value is -0.930. The molecule has 0 aromatic heterocycles. The molecule has 3 heteroatoms.